The number of hydrogen-bond donors (Lipinski definition) is 3. The minimum absolute atomic E-state index is 0.0641. The molecule has 7 nitrogen and oxygen atoms in total. The standard InChI is InChI=1S/C26H38F3N3O4/c1-16(2)9-10-17-14-20(31-24(35)36-25(3,4)5)11-12-21(17)32-22(33)15-30-23(34)18-7-6-8-19(13-18)26(27,28)29/h6-8,13,16-17,20-21H,9-12,14-15H2,1-5H3,(H,30,34)(H,31,35)(H,32,33)/t17-,20-,21+/m1/s1. The van der Waals surface area contributed by atoms with E-state index in [0.717, 1.165) is 31.0 Å². The summed E-state index contributed by atoms with van der Waals surface area (Å²) >= 11 is 0. The fourth-order valence-electron chi connectivity index (χ4n) is 4.28. The number of hydrogen-bond acceptors (Lipinski definition) is 4. The van der Waals surface area contributed by atoms with Crippen LogP contribution >= 0.6 is 0 Å². The Hall–Kier alpha value is -2.78. The first-order valence-electron chi connectivity index (χ1n) is 12.4. The third kappa shape index (κ3) is 10.1. The molecule has 36 heavy (non-hydrogen) atoms. The minimum atomic E-state index is -4.56. The Bertz CT molecular complexity index is 912. The maximum Gasteiger partial charge on any atom is 0.416 e. The van der Waals surface area contributed by atoms with Crippen molar-refractivity contribution in [3.63, 3.8) is 0 Å². The van der Waals surface area contributed by atoms with Crippen LogP contribution in [0.1, 0.15) is 82.6 Å². The van der Waals surface area contributed by atoms with Gasteiger partial charge in [-0.3, -0.25) is 9.59 Å². The summed E-state index contributed by atoms with van der Waals surface area (Å²) < 4.78 is 44.1. The number of benzene rings is 1. The quantitative estimate of drug-likeness (QED) is 0.453. The zero-order valence-electron chi connectivity index (χ0n) is 21.6. The number of alkyl carbamates (subject to hydrolysis) is 1. The number of alkyl halides is 3. The van der Waals surface area contributed by atoms with Crippen molar-refractivity contribution in [2.24, 2.45) is 11.8 Å². The maximum atomic E-state index is 12.9. The SMILES string of the molecule is CC(C)CC[C@@H]1C[C@H](NC(=O)OC(C)(C)C)CC[C@@H]1NC(=O)CNC(=O)c1cccc(C(F)(F)F)c1. The van der Waals surface area contributed by atoms with Crippen LogP contribution in [0.2, 0.25) is 0 Å². The number of halogens is 3. The molecule has 1 aromatic carbocycles. The lowest BCUT2D eigenvalue weighted by atomic mass is 9.78. The molecule has 202 valence electrons. The van der Waals surface area contributed by atoms with E-state index < -0.39 is 35.2 Å². The van der Waals surface area contributed by atoms with Gasteiger partial charge < -0.3 is 20.7 Å². The molecule has 0 unspecified atom stereocenters. The maximum absolute atomic E-state index is 12.9. The number of nitrogens with one attached hydrogen (secondary N) is 3. The van der Waals surface area contributed by atoms with Crippen molar-refractivity contribution in [1.82, 2.24) is 16.0 Å². The van der Waals surface area contributed by atoms with Crippen molar-refractivity contribution in [3.8, 4) is 0 Å². The fourth-order valence-corrected chi connectivity index (χ4v) is 4.28. The monoisotopic (exact) mass is 513 g/mol. The van der Waals surface area contributed by atoms with Crippen LogP contribution in [0.4, 0.5) is 18.0 Å². The van der Waals surface area contributed by atoms with Gasteiger partial charge in [-0.25, -0.2) is 4.79 Å². The van der Waals surface area contributed by atoms with Gasteiger partial charge in [-0.15, -0.1) is 0 Å². The molecule has 0 heterocycles. The topological polar surface area (TPSA) is 96.5 Å². The lowest BCUT2D eigenvalue weighted by Gasteiger charge is -2.37. The molecule has 3 atom stereocenters. The van der Waals surface area contributed by atoms with Crippen LogP contribution < -0.4 is 16.0 Å². The van der Waals surface area contributed by atoms with Crippen LogP contribution in [0.5, 0.6) is 0 Å². The Morgan fingerprint density at radius 2 is 1.78 bits per heavy atom. The van der Waals surface area contributed by atoms with Crippen molar-refractivity contribution in [1.29, 1.82) is 0 Å². The van der Waals surface area contributed by atoms with Crippen molar-refractivity contribution in [2.75, 3.05) is 6.54 Å². The highest BCUT2D eigenvalue weighted by Gasteiger charge is 2.33. The zero-order chi connectivity index (χ0) is 27.1. The van der Waals surface area contributed by atoms with Gasteiger partial charge >= 0.3 is 12.3 Å². The summed E-state index contributed by atoms with van der Waals surface area (Å²) in [4.78, 5) is 37.1. The van der Waals surface area contributed by atoms with Crippen molar-refractivity contribution in [2.45, 2.75) is 90.6 Å². The fraction of sp³-hybridized carbons (Fsp3) is 0.654. The van der Waals surface area contributed by atoms with E-state index in [1.165, 1.54) is 6.07 Å². The number of amides is 3. The molecular formula is C26H38F3N3O4. The molecule has 2 rings (SSSR count). The van der Waals surface area contributed by atoms with E-state index in [1.807, 2.05) is 0 Å². The molecule has 0 aromatic heterocycles. The molecule has 1 fully saturated rings. The molecule has 0 spiro atoms. The van der Waals surface area contributed by atoms with Crippen molar-refractivity contribution in [3.05, 3.63) is 35.4 Å². The summed E-state index contributed by atoms with van der Waals surface area (Å²) in [5.41, 5.74) is -1.68. The summed E-state index contributed by atoms with van der Waals surface area (Å²) in [6.07, 6.45) is -1.19. The first-order valence-corrected chi connectivity index (χ1v) is 12.4. The second-order valence-electron chi connectivity index (χ2n) is 10.8. The second kappa shape index (κ2) is 12.5. The summed E-state index contributed by atoms with van der Waals surface area (Å²) in [7, 11) is 0. The van der Waals surface area contributed by atoms with Crippen LogP contribution in [-0.2, 0) is 15.7 Å². The minimum Gasteiger partial charge on any atom is -0.444 e. The largest absolute Gasteiger partial charge is 0.444 e. The van der Waals surface area contributed by atoms with Gasteiger partial charge in [0.2, 0.25) is 5.91 Å². The number of carbonyl (C=O) groups excluding carboxylic acids is 3. The molecule has 1 aliphatic rings. The second-order valence-corrected chi connectivity index (χ2v) is 10.8. The molecule has 10 heteroatoms. The van der Waals surface area contributed by atoms with Crippen LogP contribution in [-0.4, -0.2) is 42.1 Å². The zero-order valence-corrected chi connectivity index (χ0v) is 21.6. The van der Waals surface area contributed by atoms with Crippen LogP contribution in [0.3, 0.4) is 0 Å². The van der Waals surface area contributed by atoms with Gasteiger partial charge in [-0.2, -0.15) is 13.2 Å². The summed E-state index contributed by atoms with van der Waals surface area (Å²) in [6.45, 7) is 9.30. The molecule has 0 radical (unpaired) electrons. The van der Waals surface area contributed by atoms with Gasteiger partial charge in [-0.1, -0.05) is 26.3 Å². The van der Waals surface area contributed by atoms with E-state index in [0.29, 0.717) is 25.2 Å². The highest BCUT2D eigenvalue weighted by Crippen LogP contribution is 2.31. The van der Waals surface area contributed by atoms with E-state index >= 15 is 0 Å². The van der Waals surface area contributed by atoms with Gasteiger partial charge in [0.05, 0.1) is 12.1 Å². The number of carbonyl (C=O) groups is 3. The molecule has 0 aliphatic heterocycles. The first-order chi connectivity index (χ1) is 16.6. The van der Waals surface area contributed by atoms with Gasteiger partial charge in [0.15, 0.2) is 0 Å². The summed E-state index contributed by atoms with van der Waals surface area (Å²) in [5.74, 6) is -0.553. The van der Waals surface area contributed by atoms with E-state index in [2.05, 4.69) is 29.8 Å². The smallest absolute Gasteiger partial charge is 0.416 e. The highest BCUT2D eigenvalue weighted by atomic mass is 19.4. The molecule has 0 bridgehead atoms. The Balaban J connectivity index is 1.93. The van der Waals surface area contributed by atoms with Crippen molar-refractivity contribution >= 4 is 17.9 Å². The average molecular weight is 514 g/mol. The Kier molecular flexibility index (Phi) is 10.2. The molecule has 1 aromatic rings. The molecule has 1 aliphatic carbocycles. The Morgan fingerprint density at radius 1 is 1.08 bits per heavy atom. The third-order valence-corrected chi connectivity index (χ3v) is 6.03. The number of ether oxygens (including phenoxy) is 1. The molecule has 3 amide bonds. The normalized spacial score (nSPS) is 20.5. The van der Waals surface area contributed by atoms with E-state index in [9.17, 15) is 27.6 Å². The Morgan fingerprint density at radius 3 is 2.39 bits per heavy atom. The molecule has 0 saturated heterocycles. The van der Waals surface area contributed by atoms with Gasteiger partial charge in [0.1, 0.15) is 5.60 Å². The first kappa shape index (κ1) is 29.5. The van der Waals surface area contributed by atoms with Gasteiger partial charge in [0, 0.05) is 17.6 Å². The number of rotatable bonds is 8. The van der Waals surface area contributed by atoms with Crippen molar-refractivity contribution < 1.29 is 32.3 Å². The summed E-state index contributed by atoms with van der Waals surface area (Å²) in [6, 6.07) is 3.87. The summed E-state index contributed by atoms with van der Waals surface area (Å²) in [5, 5.41) is 8.30. The predicted molar refractivity (Wildman–Crippen MR) is 130 cm³/mol. The van der Waals surface area contributed by atoms with Gasteiger partial charge in [-0.05, 0) is 76.5 Å². The predicted octanol–water partition coefficient (Wildman–Crippen LogP) is 5.05. The molecular weight excluding hydrogens is 475 g/mol. The van der Waals surface area contributed by atoms with Crippen LogP contribution in [0.15, 0.2) is 24.3 Å². The van der Waals surface area contributed by atoms with Gasteiger partial charge in [0.25, 0.3) is 5.91 Å². The Labute approximate surface area is 210 Å². The highest BCUT2D eigenvalue weighted by molar-refractivity contribution is 5.96. The van der Waals surface area contributed by atoms with E-state index in [-0.39, 0.29) is 30.1 Å². The van der Waals surface area contributed by atoms with Crippen LogP contribution in [0.25, 0.3) is 0 Å². The lowest BCUT2D eigenvalue weighted by Crippen LogP contribution is -2.51. The average Bonchev–Trinajstić information content (AvgIpc) is 2.75. The van der Waals surface area contributed by atoms with E-state index in [1.54, 1.807) is 20.8 Å². The molecule has 1 saturated carbocycles. The lowest BCUT2D eigenvalue weighted by molar-refractivity contribution is -0.137. The van der Waals surface area contributed by atoms with Crippen LogP contribution in [0, 0.1) is 11.8 Å². The third-order valence-electron chi connectivity index (χ3n) is 6.03. The van der Waals surface area contributed by atoms with E-state index in [4.69, 9.17) is 4.74 Å². The molecule has 3 N–H and O–H groups in total.